The van der Waals surface area contributed by atoms with Gasteiger partial charge >= 0.3 is 0 Å². The van der Waals surface area contributed by atoms with Crippen molar-refractivity contribution >= 4 is 17.5 Å². The van der Waals surface area contributed by atoms with Crippen LogP contribution in [-0.2, 0) is 11.2 Å². The van der Waals surface area contributed by atoms with Gasteiger partial charge in [-0.3, -0.25) is 4.79 Å². The molecule has 0 aromatic heterocycles. The molecule has 5 heteroatoms. The predicted molar refractivity (Wildman–Crippen MR) is 81.5 cm³/mol. The molecule has 2 rings (SSSR count). The first-order valence-corrected chi connectivity index (χ1v) is 7.37. The number of nitrogens with two attached hydrogens (primary N) is 2. The van der Waals surface area contributed by atoms with Gasteiger partial charge in [0.2, 0.25) is 0 Å². The molecule has 1 aliphatic rings. The van der Waals surface area contributed by atoms with E-state index < -0.39 is 5.54 Å². The summed E-state index contributed by atoms with van der Waals surface area (Å²) >= 11 is 5.91. The molecule has 1 amide bonds. The Balaban J connectivity index is 0.00000220. The predicted octanol–water partition coefficient (Wildman–Crippen LogP) is -1.12. The molecular weight excluding hydrogens is 307 g/mol. The van der Waals surface area contributed by atoms with Crippen molar-refractivity contribution in [1.82, 2.24) is 0 Å². The minimum absolute atomic E-state index is 0. The minimum atomic E-state index is -0.481. The molecule has 2 atom stereocenters. The molecule has 0 aliphatic heterocycles. The second-order valence-corrected chi connectivity index (χ2v) is 7.82. The zero-order valence-corrected chi connectivity index (χ0v) is 14.6. The van der Waals surface area contributed by atoms with Crippen LogP contribution in [0.25, 0.3) is 0 Å². The first-order chi connectivity index (χ1) is 9.08. The van der Waals surface area contributed by atoms with Crippen molar-refractivity contribution < 1.29 is 22.5 Å². The fourth-order valence-electron chi connectivity index (χ4n) is 3.26. The Morgan fingerprint density at radius 2 is 1.86 bits per heavy atom. The number of carbonyl (C=O) groups excluding carboxylic acids is 1. The summed E-state index contributed by atoms with van der Waals surface area (Å²) in [5.41, 5.74) is 6.31. The zero-order chi connectivity index (χ0) is 15.2. The van der Waals surface area contributed by atoms with Gasteiger partial charge in [0.25, 0.3) is 5.91 Å². The van der Waals surface area contributed by atoms with Gasteiger partial charge in [-0.2, -0.15) is 0 Å². The van der Waals surface area contributed by atoms with Crippen LogP contribution in [0.5, 0.6) is 0 Å². The Bertz CT molecular complexity index is 524. The van der Waals surface area contributed by atoms with E-state index in [0.717, 1.165) is 17.9 Å². The summed E-state index contributed by atoms with van der Waals surface area (Å²) in [4.78, 5) is 12.0. The van der Waals surface area contributed by atoms with Crippen LogP contribution in [-0.4, -0.2) is 17.0 Å². The minimum Gasteiger partial charge on any atom is -1.00 e. The van der Waals surface area contributed by atoms with Gasteiger partial charge in [0.1, 0.15) is 0 Å². The third-order valence-electron chi connectivity index (χ3n) is 4.25. The van der Waals surface area contributed by atoms with Crippen LogP contribution < -0.4 is 23.5 Å². The topological polar surface area (TPSA) is 59.7 Å². The third-order valence-corrected chi connectivity index (χ3v) is 4.50. The van der Waals surface area contributed by atoms with Crippen LogP contribution in [0.15, 0.2) is 24.3 Å². The monoisotopic (exact) mass is 330 g/mol. The summed E-state index contributed by atoms with van der Waals surface area (Å²) in [6.45, 7) is 8.48. The van der Waals surface area contributed by atoms with Gasteiger partial charge in [0.15, 0.2) is 5.54 Å². The van der Waals surface area contributed by atoms with Crippen LogP contribution in [0.4, 0.5) is 0 Å². The van der Waals surface area contributed by atoms with E-state index in [4.69, 9.17) is 17.3 Å². The highest BCUT2D eigenvalue weighted by atomic mass is 35.5. The van der Waals surface area contributed by atoms with Crippen molar-refractivity contribution in [2.24, 2.45) is 11.1 Å². The standard InChI is InChI=1S/C16H23ClN2O.ClH/c1-14(2,3)19-16(13(18)20)10-15(16,4)9-11-5-7-12(17)8-6-11;/h5-8,19H,9-10H2,1-4H3,(H2,18,20);1H/t15-,16+;/m1./s1. The number of benzene rings is 1. The van der Waals surface area contributed by atoms with Crippen molar-refractivity contribution in [2.45, 2.75) is 51.6 Å². The van der Waals surface area contributed by atoms with E-state index in [-0.39, 0.29) is 29.3 Å². The van der Waals surface area contributed by atoms with E-state index in [9.17, 15) is 4.79 Å². The van der Waals surface area contributed by atoms with Crippen LogP contribution in [0.2, 0.25) is 5.02 Å². The van der Waals surface area contributed by atoms with Crippen LogP contribution in [0, 0.1) is 5.41 Å². The molecule has 1 aliphatic carbocycles. The molecule has 118 valence electrons. The van der Waals surface area contributed by atoms with Gasteiger partial charge in [-0.25, -0.2) is 0 Å². The highest BCUT2D eigenvalue weighted by Gasteiger charge is 2.73. The van der Waals surface area contributed by atoms with Crippen molar-refractivity contribution in [1.29, 1.82) is 0 Å². The van der Waals surface area contributed by atoms with E-state index in [1.54, 1.807) is 0 Å². The van der Waals surface area contributed by atoms with E-state index in [1.807, 2.05) is 24.3 Å². The largest absolute Gasteiger partial charge is 1.00 e. The van der Waals surface area contributed by atoms with E-state index >= 15 is 0 Å². The summed E-state index contributed by atoms with van der Waals surface area (Å²) in [6.07, 6.45) is 1.68. The molecule has 1 fully saturated rings. The number of primary amides is 1. The van der Waals surface area contributed by atoms with Gasteiger partial charge in [0, 0.05) is 16.9 Å². The smallest absolute Gasteiger partial charge is 0.279 e. The van der Waals surface area contributed by atoms with Crippen molar-refractivity contribution in [3.05, 3.63) is 34.9 Å². The molecule has 1 aromatic carbocycles. The average molecular weight is 331 g/mol. The van der Waals surface area contributed by atoms with Crippen LogP contribution in [0.1, 0.15) is 39.7 Å². The molecule has 3 nitrogen and oxygen atoms in total. The molecule has 21 heavy (non-hydrogen) atoms. The molecule has 0 spiro atoms. The molecule has 4 N–H and O–H groups in total. The molecule has 0 unspecified atom stereocenters. The normalized spacial score (nSPS) is 27.9. The first-order valence-electron chi connectivity index (χ1n) is 6.99. The van der Waals surface area contributed by atoms with Crippen LogP contribution in [0.3, 0.4) is 0 Å². The molecule has 1 aromatic rings. The van der Waals surface area contributed by atoms with Crippen molar-refractivity contribution in [3.63, 3.8) is 0 Å². The van der Waals surface area contributed by atoms with Gasteiger partial charge in [-0.1, -0.05) is 30.7 Å². The number of quaternary nitrogens is 1. The summed E-state index contributed by atoms with van der Waals surface area (Å²) in [5, 5.41) is 2.87. The molecule has 0 saturated heterocycles. The lowest BCUT2D eigenvalue weighted by molar-refractivity contribution is -0.753. The summed E-state index contributed by atoms with van der Waals surface area (Å²) < 4.78 is 0. The van der Waals surface area contributed by atoms with Crippen molar-refractivity contribution in [3.8, 4) is 0 Å². The number of rotatable bonds is 4. The van der Waals surface area contributed by atoms with Crippen LogP contribution >= 0.6 is 11.6 Å². The van der Waals surface area contributed by atoms with Gasteiger partial charge in [0.05, 0.1) is 5.54 Å². The second kappa shape index (κ2) is 5.79. The quantitative estimate of drug-likeness (QED) is 0.722. The maximum atomic E-state index is 12.0. The lowest BCUT2D eigenvalue weighted by atomic mass is 9.91. The van der Waals surface area contributed by atoms with E-state index in [0.29, 0.717) is 0 Å². The zero-order valence-electron chi connectivity index (χ0n) is 13.0. The number of halogens is 2. The first kappa shape index (κ1) is 18.3. The maximum absolute atomic E-state index is 12.0. The highest BCUT2D eigenvalue weighted by Crippen LogP contribution is 2.55. The number of hydrogen-bond donors (Lipinski definition) is 2. The number of amides is 1. The SMILES string of the molecule is CC(C)(C)[NH2+][C@]1(C(N)=O)C[C@@]1(C)Cc1ccc(Cl)cc1.[Cl-]. The van der Waals surface area contributed by atoms with Gasteiger partial charge in [-0.15, -0.1) is 0 Å². The summed E-state index contributed by atoms with van der Waals surface area (Å²) in [7, 11) is 0. The molecule has 0 heterocycles. The number of carbonyl (C=O) groups is 1. The Morgan fingerprint density at radius 3 is 2.29 bits per heavy atom. The Kier molecular flexibility index (Phi) is 5.04. The lowest BCUT2D eigenvalue weighted by Crippen LogP contribution is -3.03. The average Bonchev–Trinajstić information content (AvgIpc) is 2.85. The molecular formula is C16H24Cl2N2O. The van der Waals surface area contributed by atoms with Gasteiger partial charge in [-0.05, 0) is 44.9 Å². The highest BCUT2D eigenvalue weighted by molar-refractivity contribution is 6.30. The van der Waals surface area contributed by atoms with E-state index in [1.165, 1.54) is 5.56 Å². The Labute approximate surface area is 138 Å². The Hall–Kier alpha value is -0.770. The van der Waals surface area contributed by atoms with Crippen molar-refractivity contribution in [2.75, 3.05) is 0 Å². The third kappa shape index (κ3) is 3.71. The fraction of sp³-hybridized carbons (Fsp3) is 0.562. The second-order valence-electron chi connectivity index (χ2n) is 7.39. The molecule has 0 bridgehead atoms. The number of hydrogen-bond acceptors (Lipinski definition) is 1. The maximum Gasteiger partial charge on any atom is 0.279 e. The lowest BCUT2D eigenvalue weighted by Gasteiger charge is -2.26. The summed E-state index contributed by atoms with van der Waals surface area (Å²) in [6, 6.07) is 7.83. The molecule has 0 radical (unpaired) electrons. The summed E-state index contributed by atoms with van der Waals surface area (Å²) in [5.74, 6) is -0.205. The Morgan fingerprint density at radius 1 is 1.33 bits per heavy atom. The van der Waals surface area contributed by atoms with Gasteiger partial charge < -0.3 is 23.5 Å². The van der Waals surface area contributed by atoms with E-state index in [2.05, 4.69) is 33.0 Å². The molecule has 1 saturated carbocycles. The fourth-order valence-corrected chi connectivity index (χ4v) is 3.39.